The van der Waals surface area contributed by atoms with Crippen LogP contribution in [0.5, 0.6) is 11.5 Å². The highest BCUT2D eigenvalue weighted by Gasteiger charge is 2.64. The zero-order valence-electron chi connectivity index (χ0n) is 33.2. The normalized spacial score (nSPS) is 20.2. The standard InChI is InChI=1S/C24H23NO5.C23H24N2O4/c1-15-11-17(19-5-3-4-6-21(19)25-15)14-30-18-9-7-16(8-10-18)12-24(23(28)29-2)13-20(24)22(26)27;1-15-10-17(19-4-2-3-5-21(19)24-15)13-29-18-8-6-16(7-9-18)11-23(14-26)12-20(23)22(27)25-28/h3-11,20H,12-14H2,1-2H3,(H,26,27);2-10,20,26,28H,11-14H2,1H3,(H,25,27)/t20-,24+;20-,23-/m01/s1. The van der Waals surface area contributed by atoms with E-state index in [0.717, 1.165) is 61.2 Å². The second kappa shape index (κ2) is 17.2. The molecule has 2 aliphatic carbocycles. The summed E-state index contributed by atoms with van der Waals surface area (Å²) < 4.78 is 16.8. The number of pyridine rings is 2. The van der Waals surface area contributed by atoms with Crippen LogP contribution in [0.4, 0.5) is 0 Å². The molecule has 0 bridgehead atoms. The number of hydrogen-bond acceptors (Lipinski definition) is 10. The molecular weight excluding hydrogens is 751 g/mol. The lowest BCUT2D eigenvalue weighted by molar-refractivity contribution is -0.151. The van der Waals surface area contributed by atoms with Crippen molar-refractivity contribution in [3.8, 4) is 11.5 Å². The quantitative estimate of drug-likeness (QED) is 0.0502. The number of rotatable bonds is 14. The lowest BCUT2D eigenvalue weighted by atomic mass is 9.94. The van der Waals surface area contributed by atoms with E-state index in [1.807, 2.05) is 123 Å². The summed E-state index contributed by atoms with van der Waals surface area (Å²) in [5.41, 5.74) is 8.08. The highest BCUT2D eigenvalue weighted by atomic mass is 16.5. The summed E-state index contributed by atoms with van der Waals surface area (Å²) in [6.45, 7) is 4.71. The van der Waals surface area contributed by atoms with Gasteiger partial charge < -0.3 is 24.4 Å². The lowest BCUT2D eigenvalue weighted by Crippen LogP contribution is -2.26. The van der Waals surface area contributed by atoms with Crippen LogP contribution in [0.1, 0.15) is 46.5 Å². The van der Waals surface area contributed by atoms with Gasteiger partial charge in [0, 0.05) is 51.2 Å². The van der Waals surface area contributed by atoms with Gasteiger partial charge in [-0.2, -0.15) is 0 Å². The number of carboxylic acid groups (broad SMARTS) is 1. The number of esters is 1. The molecule has 2 aliphatic rings. The Kier molecular flexibility index (Phi) is 11.9. The van der Waals surface area contributed by atoms with Crippen molar-refractivity contribution in [1.29, 1.82) is 0 Å². The molecule has 0 spiro atoms. The van der Waals surface area contributed by atoms with E-state index in [1.165, 1.54) is 7.11 Å². The number of hydroxylamine groups is 1. The van der Waals surface area contributed by atoms with Crippen LogP contribution >= 0.6 is 0 Å². The van der Waals surface area contributed by atoms with Crippen molar-refractivity contribution in [2.75, 3.05) is 13.7 Å². The van der Waals surface area contributed by atoms with Crippen LogP contribution in [0.25, 0.3) is 21.8 Å². The van der Waals surface area contributed by atoms with Crippen LogP contribution in [0.15, 0.2) is 109 Å². The third-order valence-electron chi connectivity index (χ3n) is 11.5. The fourth-order valence-corrected chi connectivity index (χ4v) is 8.08. The third kappa shape index (κ3) is 9.04. The Balaban J connectivity index is 0.000000179. The van der Waals surface area contributed by atoms with E-state index in [1.54, 1.807) is 5.48 Å². The lowest BCUT2D eigenvalue weighted by Gasteiger charge is -2.14. The molecule has 4 aromatic carbocycles. The Morgan fingerprint density at radius 3 is 1.64 bits per heavy atom. The summed E-state index contributed by atoms with van der Waals surface area (Å²) in [5.74, 6) is -1.43. The molecule has 2 aromatic heterocycles. The van der Waals surface area contributed by atoms with E-state index in [-0.39, 0.29) is 12.5 Å². The highest BCUT2D eigenvalue weighted by molar-refractivity contribution is 5.90. The van der Waals surface area contributed by atoms with Gasteiger partial charge >= 0.3 is 11.9 Å². The van der Waals surface area contributed by atoms with Crippen molar-refractivity contribution >= 4 is 39.7 Å². The van der Waals surface area contributed by atoms with Crippen molar-refractivity contribution < 1.29 is 44.0 Å². The van der Waals surface area contributed by atoms with E-state index in [9.17, 15) is 24.6 Å². The van der Waals surface area contributed by atoms with Crippen molar-refractivity contribution in [1.82, 2.24) is 15.4 Å². The highest BCUT2D eigenvalue weighted by Crippen LogP contribution is 2.56. The first-order chi connectivity index (χ1) is 28.5. The van der Waals surface area contributed by atoms with Gasteiger partial charge in [0.1, 0.15) is 24.7 Å². The maximum Gasteiger partial charge on any atom is 0.313 e. The molecule has 304 valence electrons. The van der Waals surface area contributed by atoms with Gasteiger partial charge in [-0.15, -0.1) is 0 Å². The van der Waals surface area contributed by atoms with Crippen LogP contribution in [0.2, 0.25) is 0 Å². The minimum atomic E-state index is -0.962. The van der Waals surface area contributed by atoms with Crippen LogP contribution in [0, 0.1) is 36.5 Å². The van der Waals surface area contributed by atoms with E-state index in [0.29, 0.717) is 44.6 Å². The Morgan fingerprint density at radius 2 is 1.20 bits per heavy atom. The minimum absolute atomic E-state index is 0.0855. The average Bonchev–Trinajstić information content (AvgIpc) is 4.17. The fourth-order valence-electron chi connectivity index (χ4n) is 8.08. The molecule has 2 saturated carbocycles. The molecule has 0 aliphatic heterocycles. The molecule has 6 aromatic rings. The predicted molar refractivity (Wildman–Crippen MR) is 220 cm³/mol. The number of para-hydroxylation sites is 2. The number of carbonyl (C=O) groups is 3. The Hall–Kier alpha value is -6.37. The summed E-state index contributed by atoms with van der Waals surface area (Å²) in [4.78, 5) is 44.2. The number of benzene rings is 4. The number of carboxylic acids is 1. The number of aliphatic hydroxyl groups excluding tert-OH is 1. The van der Waals surface area contributed by atoms with E-state index < -0.39 is 34.6 Å². The van der Waals surface area contributed by atoms with Crippen LogP contribution < -0.4 is 15.0 Å². The smallest absolute Gasteiger partial charge is 0.313 e. The zero-order chi connectivity index (χ0) is 41.7. The van der Waals surface area contributed by atoms with Gasteiger partial charge in [0.2, 0.25) is 5.91 Å². The minimum Gasteiger partial charge on any atom is -0.489 e. The summed E-state index contributed by atoms with van der Waals surface area (Å²) in [6.07, 6.45) is 1.80. The first-order valence-corrected chi connectivity index (χ1v) is 19.5. The van der Waals surface area contributed by atoms with Crippen molar-refractivity contribution in [2.45, 2.75) is 52.7 Å². The van der Waals surface area contributed by atoms with Gasteiger partial charge in [-0.25, -0.2) is 5.48 Å². The van der Waals surface area contributed by atoms with Crippen LogP contribution in [-0.4, -0.2) is 57.0 Å². The van der Waals surface area contributed by atoms with E-state index in [2.05, 4.69) is 9.97 Å². The van der Waals surface area contributed by atoms with E-state index in [4.69, 9.17) is 19.4 Å². The Labute approximate surface area is 341 Å². The first-order valence-electron chi connectivity index (χ1n) is 19.5. The van der Waals surface area contributed by atoms with Crippen molar-refractivity contribution in [3.05, 3.63) is 143 Å². The molecule has 8 rings (SSSR count). The SMILES string of the molecule is COC(=O)[C@]1(Cc2ccc(OCc3cc(C)nc4ccccc34)cc2)C[C@H]1C(=O)O.Cc1cc(COc2ccc(C[C@]3(CO)C[C@@H]3C(=O)NO)cc2)c2ccccc2n1. The van der Waals surface area contributed by atoms with Crippen LogP contribution in [-0.2, 0) is 45.2 Å². The molecule has 1 amide bonds. The molecule has 2 fully saturated rings. The molecule has 12 nitrogen and oxygen atoms in total. The summed E-state index contributed by atoms with van der Waals surface area (Å²) >= 11 is 0. The Bertz CT molecular complexity index is 2490. The molecule has 12 heteroatoms. The number of methoxy groups -OCH3 is 1. The van der Waals surface area contributed by atoms with Gasteiger partial charge in [0.25, 0.3) is 0 Å². The van der Waals surface area contributed by atoms with Gasteiger partial charge in [-0.05, 0) is 99.2 Å². The molecular formula is C47H47N3O9. The molecule has 0 unspecified atom stereocenters. The molecule has 59 heavy (non-hydrogen) atoms. The second-order valence-electron chi connectivity index (χ2n) is 15.6. The topological polar surface area (TPSA) is 177 Å². The number of aromatic nitrogens is 2. The average molecular weight is 798 g/mol. The summed E-state index contributed by atoms with van der Waals surface area (Å²) in [7, 11) is 1.29. The molecule has 2 heterocycles. The van der Waals surface area contributed by atoms with Gasteiger partial charge in [-0.1, -0.05) is 60.7 Å². The Morgan fingerprint density at radius 1 is 0.712 bits per heavy atom. The molecule has 0 saturated heterocycles. The molecule has 0 radical (unpaired) electrons. The van der Waals surface area contributed by atoms with Crippen LogP contribution in [0.3, 0.4) is 0 Å². The maximum atomic E-state index is 12.2. The number of amides is 1. The summed E-state index contributed by atoms with van der Waals surface area (Å²) in [6, 6.07) is 35.2. The molecule has 4 atom stereocenters. The van der Waals surface area contributed by atoms with Gasteiger partial charge in [-0.3, -0.25) is 29.6 Å². The number of aliphatic hydroxyl groups is 1. The number of aliphatic carboxylic acids is 1. The second-order valence-corrected chi connectivity index (χ2v) is 15.6. The maximum absolute atomic E-state index is 12.2. The fraction of sp³-hybridized carbons (Fsp3) is 0.298. The van der Waals surface area contributed by atoms with Gasteiger partial charge in [0.05, 0.1) is 29.5 Å². The largest absolute Gasteiger partial charge is 0.489 e. The first kappa shape index (κ1) is 40.8. The number of nitrogens with zero attached hydrogens (tertiary/aromatic N) is 2. The third-order valence-corrected chi connectivity index (χ3v) is 11.5. The number of ether oxygens (including phenoxy) is 3. The van der Waals surface area contributed by atoms with Crippen molar-refractivity contribution in [3.63, 3.8) is 0 Å². The monoisotopic (exact) mass is 797 g/mol. The number of fused-ring (bicyclic) bond motifs is 2. The number of aryl methyl sites for hydroxylation is 2. The summed E-state index contributed by atoms with van der Waals surface area (Å²) in [5, 5.41) is 30.0. The predicted octanol–water partition coefficient (Wildman–Crippen LogP) is 7.10. The number of carbonyl (C=O) groups excluding carboxylic acids is 2. The van der Waals surface area contributed by atoms with Crippen molar-refractivity contribution in [2.24, 2.45) is 22.7 Å². The van der Waals surface area contributed by atoms with Gasteiger partial charge in [0.15, 0.2) is 0 Å². The number of hydrogen-bond donors (Lipinski definition) is 4. The number of nitrogens with one attached hydrogen (secondary N) is 1. The van der Waals surface area contributed by atoms with E-state index >= 15 is 0 Å². The zero-order valence-corrected chi connectivity index (χ0v) is 33.2. The molecule has 4 N–H and O–H groups in total.